The third-order valence-corrected chi connectivity index (χ3v) is 6.70. The summed E-state index contributed by atoms with van der Waals surface area (Å²) in [4.78, 5) is 36.4. The third-order valence-electron chi connectivity index (χ3n) is 6.70. The van der Waals surface area contributed by atoms with E-state index in [0.717, 1.165) is 72.4 Å². The van der Waals surface area contributed by atoms with E-state index in [1.54, 1.807) is 10.6 Å². The predicted molar refractivity (Wildman–Crippen MR) is 130 cm³/mol. The van der Waals surface area contributed by atoms with Gasteiger partial charge in [0, 0.05) is 56.4 Å². The van der Waals surface area contributed by atoms with Gasteiger partial charge < -0.3 is 15.6 Å². The lowest BCUT2D eigenvalue weighted by Crippen LogP contribution is -2.46. The number of rotatable bonds is 5. The lowest BCUT2D eigenvalue weighted by molar-refractivity contribution is 0.0999. The first-order valence-corrected chi connectivity index (χ1v) is 11.3. The normalized spacial score (nSPS) is 14.9. The van der Waals surface area contributed by atoms with Crippen molar-refractivity contribution < 1.29 is 4.79 Å². The van der Waals surface area contributed by atoms with Crippen LogP contribution in [-0.4, -0.2) is 51.4 Å². The predicted octanol–water partition coefficient (Wildman–Crippen LogP) is 2.47. The number of aromatic nitrogens is 3. The number of pyridine rings is 1. The van der Waals surface area contributed by atoms with E-state index in [0.29, 0.717) is 5.56 Å². The SMILES string of the molecule is CCc1c(C(N)=O)ccc(N2CCN(Cc3cnc4c(c3)[nH]c(=O)n3cccc43)CC2)c1C. The van der Waals surface area contributed by atoms with Crippen molar-refractivity contribution in [2.75, 3.05) is 31.1 Å². The minimum atomic E-state index is -0.366. The smallest absolute Gasteiger partial charge is 0.330 e. The average molecular weight is 445 g/mol. The fourth-order valence-electron chi connectivity index (χ4n) is 5.00. The molecule has 0 aliphatic carbocycles. The van der Waals surface area contributed by atoms with Gasteiger partial charge in [-0.1, -0.05) is 6.92 Å². The molecule has 8 nitrogen and oxygen atoms in total. The Balaban J connectivity index is 1.31. The Morgan fingerprint density at radius 2 is 1.97 bits per heavy atom. The van der Waals surface area contributed by atoms with Crippen LogP contribution in [0.4, 0.5) is 5.69 Å². The van der Waals surface area contributed by atoms with E-state index < -0.39 is 0 Å². The molecule has 8 heteroatoms. The minimum absolute atomic E-state index is 0.153. The van der Waals surface area contributed by atoms with Crippen LogP contribution in [0.2, 0.25) is 0 Å². The highest BCUT2D eigenvalue weighted by atomic mass is 16.1. The molecule has 0 saturated carbocycles. The lowest BCUT2D eigenvalue weighted by atomic mass is 9.96. The number of carbonyl (C=O) groups excluding carboxylic acids is 1. The maximum atomic E-state index is 12.3. The molecule has 1 aromatic carbocycles. The summed E-state index contributed by atoms with van der Waals surface area (Å²) >= 11 is 0. The molecule has 0 unspecified atom stereocenters. The van der Waals surface area contributed by atoms with Crippen LogP contribution >= 0.6 is 0 Å². The molecule has 4 heterocycles. The van der Waals surface area contributed by atoms with Gasteiger partial charge in [-0.3, -0.25) is 19.1 Å². The molecule has 170 valence electrons. The molecular formula is C25H28N6O2. The molecule has 1 saturated heterocycles. The van der Waals surface area contributed by atoms with E-state index in [1.165, 1.54) is 5.69 Å². The summed E-state index contributed by atoms with van der Waals surface area (Å²) < 4.78 is 1.58. The molecular weight excluding hydrogens is 416 g/mol. The summed E-state index contributed by atoms with van der Waals surface area (Å²) in [7, 11) is 0. The van der Waals surface area contributed by atoms with Crippen molar-refractivity contribution in [2.45, 2.75) is 26.8 Å². The number of piperazine rings is 1. The number of H-pyrrole nitrogens is 1. The van der Waals surface area contributed by atoms with E-state index in [1.807, 2.05) is 36.5 Å². The molecule has 0 spiro atoms. The van der Waals surface area contributed by atoms with Crippen LogP contribution in [0, 0.1) is 6.92 Å². The van der Waals surface area contributed by atoms with Gasteiger partial charge in [0.1, 0.15) is 5.52 Å². The Hall–Kier alpha value is -3.65. The van der Waals surface area contributed by atoms with Gasteiger partial charge in [-0.2, -0.15) is 0 Å². The third kappa shape index (κ3) is 3.76. The van der Waals surface area contributed by atoms with Crippen molar-refractivity contribution in [3.8, 4) is 0 Å². The van der Waals surface area contributed by atoms with Gasteiger partial charge in [0.25, 0.3) is 0 Å². The molecule has 1 amide bonds. The van der Waals surface area contributed by atoms with E-state index in [2.05, 4.69) is 33.6 Å². The molecule has 4 aromatic rings. The molecule has 3 N–H and O–H groups in total. The highest BCUT2D eigenvalue weighted by Gasteiger charge is 2.21. The number of anilines is 1. The molecule has 5 rings (SSSR count). The van der Waals surface area contributed by atoms with Gasteiger partial charge in [0.15, 0.2) is 0 Å². The Labute approximate surface area is 191 Å². The van der Waals surface area contributed by atoms with Crippen molar-refractivity contribution in [3.05, 3.63) is 75.5 Å². The topological polar surface area (TPSA) is 99.7 Å². The van der Waals surface area contributed by atoms with Crippen molar-refractivity contribution in [1.82, 2.24) is 19.3 Å². The summed E-state index contributed by atoms with van der Waals surface area (Å²) in [6, 6.07) is 9.68. The van der Waals surface area contributed by atoms with Crippen LogP contribution in [0.15, 0.2) is 47.5 Å². The Bertz CT molecular complexity index is 1410. The van der Waals surface area contributed by atoms with E-state index in [-0.39, 0.29) is 11.6 Å². The van der Waals surface area contributed by atoms with Gasteiger partial charge in [0.05, 0.1) is 11.0 Å². The summed E-state index contributed by atoms with van der Waals surface area (Å²) in [5.74, 6) is -0.366. The Morgan fingerprint density at radius 1 is 1.18 bits per heavy atom. The molecule has 1 aliphatic heterocycles. The highest BCUT2D eigenvalue weighted by molar-refractivity contribution is 5.95. The number of amides is 1. The van der Waals surface area contributed by atoms with Crippen LogP contribution in [0.1, 0.15) is 34.0 Å². The van der Waals surface area contributed by atoms with Gasteiger partial charge in [-0.05, 0) is 60.4 Å². The number of fused-ring (bicyclic) bond motifs is 3. The zero-order valence-electron chi connectivity index (χ0n) is 19.0. The number of carbonyl (C=O) groups is 1. The number of hydrogen-bond donors (Lipinski definition) is 2. The maximum Gasteiger partial charge on any atom is 0.330 e. The van der Waals surface area contributed by atoms with Crippen LogP contribution in [0.25, 0.3) is 16.6 Å². The first-order chi connectivity index (χ1) is 16.0. The number of nitrogens with two attached hydrogens (primary N) is 1. The number of nitrogens with zero attached hydrogens (tertiary/aromatic N) is 4. The van der Waals surface area contributed by atoms with Gasteiger partial charge in [-0.15, -0.1) is 0 Å². The lowest BCUT2D eigenvalue weighted by Gasteiger charge is -2.37. The number of benzene rings is 1. The van der Waals surface area contributed by atoms with Crippen molar-refractivity contribution in [3.63, 3.8) is 0 Å². The Morgan fingerprint density at radius 3 is 2.70 bits per heavy atom. The van der Waals surface area contributed by atoms with Crippen molar-refractivity contribution in [1.29, 1.82) is 0 Å². The van der Waals surface area contributed by atoms with Gasteiger partial charge >= 0.3 is 5.69 Å². The molecule has 1 fully saturated rings. The van der Waals surface area contributed by atoms with Gasteiger partial charge in [-0.25, -0.2) is 4.79 Å². The molecule has 0 radical (unpaired) electrons. The molecule has 0 bridgehead atoms. The molecule has 0 atom stereocenters. The van der Waals surface area contributed by atoms with E-state index in [9.17, 15) is 9.59 Å². The molecule has 3 aromatic heterocycles. The van der Waals surface area contributed by atoms with Crippen LogP contribution in [0.5, 0.6) is 0 Å². The maximum absolute atomic E-state index is 12.3. The largest absolute Gasteiger partial charge is 0.369 e. The fourth-order valence-corrected chi connectivity index (χ4v) is 5.00. The molecule has 33 heavy (non-hydrogen) atoms. The van der Waals surface area contributed by atoms with E-state index in [4.69, 9.17) is 5.73 Å². The van der Waals surface area contributed by atoms with E-state index >= 15 is 0 Å². The van der Waals surface area contributed by atoms with Crippen LogP contribution in [-0.2, 0) is 13.0 Å². The second-order valence-electron chi connectivity index (χ2n) is 8.65. The average Bonchev–Trinajstić information content (AvgIpc) is 3.30. The zero-order valence-corrected chi connectivity index (χ0v) is 19.0. The highest BCUT2D eigenvalue weighted by Crippen LogP contribution is 2.28. The number of primary amides is 1. The van der Waals surface area contributed by atoms with Crippen LogP contribution < -0.4 is 16.3 Å². The summed E-state index contributed by atoms with van der Waals surface area (Å²) in [5, 5.41) is 0. The van der Waals surface area contributed by atoms with Crippen LogP contribution in [0.3, 0.4) is 0 Å². The number of aromatic amines is 1. The first kappa shape index (κ1) is 21.2. The first-order valence-electron chi connectivity index (χ1n) is 11.3. The monoisotopic (exact) mass is 444 g/mol. The van der Waals surface area contributed by atoms with Crippen molar-refractivity contribution in [2.24, 2.45) is 5.73 Å². The quantitative estimate of drug-likeness (QED) is 0.493. The Kier molecular flexibility index (Phi) is 5.38. The number of nitrogens with one attached hydrogen (secondary N) is 1. The van der Waals surface area contributed by atoms with Gasteiger partial charge in [0.2, 0.25) is 5.91 Å². The standard InChI is InChI=1S/C25H28N6O2/c1-3-18-16(2)21(7-6-19(18)24(26)32)30-11-9-29(10-12-30)15-17-13-20-23(27-14-17)22-5-4-8-31(22)25(33)28-20/h4-8,13-14H,3,9-12,15H2,1-2H3,(H2,26,32)(H,28,33). The zero-order chi connectivity index (χ0) is 23.1. The number of hydrogen-bond acceptors (Lipinski definition) is 5. The second-order valence-corrected chi connectivity index (χ2v) is 8.65. The summed E-state index contributed by atoms with van der Waals surface area (Å²) in [6.45, 7) is 8.57. The van der Waals surface area contributed by atoms with Crippen molar-refractivity contribution >= 4 is 28.1 Å². The molecule has 1 aliphatic rings. The minimum Gasteiger partial charge on any atom is -0.369 e. The fraction of sp³-hybridized carbons (Fsp3) is 0.320. The summed E-state index contributed by atoms with van der Waals surface area (Å²) in [5.41, 5.74) is 12.8. The second kappa shape index (κ2) is 8.37. The summed E-state index contributed by atoms with van der Waals surface area (Å²) in [6.07, 6.45) is 4.43.